The zero-order chi connectivity index (χ0) is 18.6. The molecule has 0 aliphatic rings. The van der Waals surface area contributed by atoms with Crippen molar-refractivity contribution in [3.63, 3.8) is 0 Å². The Morgan fingerprint density at radius 1 is 1.16 bits per heavy atom. The molecule has 0 saturated carbocycles. The molecule has 3 N–H and O–H groups in total. The van der Waals surface area contributed by atoms with Crippen molar-refractivity contribution < 1.29 is 9.59 Å². The molecule has 1 aromatic heterocycles. The standard InChI is InChI=1S/C16H22N6O2S/c1-9(2)11-5-7-12(8-6-11)22-16(19-20-21-22)25-13(10(3)4)14(23)18-15(17)24/h5-10,13H,1-4H3,(H3,17,18,23,24). The van der Waals surface area contributed by atoms with Crippen LogP contribution in [0.25, 0.3) is 5.69 Å². The molecular weight excluding hydrogens is 340 g/mol. The van der Waals surface area contributed by atoms with Crippen LogP contribution in [0, 0.1) is 5.92 Å². The molecular formula is C16H22N6O2S. The van der Waals surface area contributed by atoms with Crippen molar-refractivity contribution in [1.82, 2.24) is 25.5 Å². The Balaban J connectivity index is 2.24. The third-order valence-corrected chi connectivity index (χ3v) is 5.07. The van der Waals surface area contributed by atoms with E-state index in [1.54, 1.807) is 4.68 Å². The fourth-order valence-corrected chi connectivity index (χ4v) is 3.20. The number of primary amides is 1. The lowest BCUT2D eigenvalue weighted by Crippen LogP contribution is -2.42. The normalized spacial score (nSPS) is 12.4. The van der Waals surface area contributed by atoms with Crippen LogP contribution in [-0.4, -0.2) is 37.4 Å². The van der Waals surface area contributed by atoms with Gasteiger partial charge in [0.25, 0.3) is 0 Å². The summed E-state index contributed by atoms with van der Waals surface area (Å²) in [5.41, 5.74) is 7.05. The van der Waals surface area contributed by atoms with Gasteiger partial charge >= 0.3 is 6.03 Å². The quantitative estimate of drug-likeness (QED) is 0.760. The highest BCUT2D eigenvalue weighted by molar-refractivity contribution is 8.00. The predicted octanol–water partition coefficient (Wildman–Crippen LogP) is 2.10. The average molecular weight is 362 g/mol. The summed E-state index contributed by atoms with van der Waals surface area (Å²) < 4.78 is 1.57. The van der Waals surface area contributed by atoms with Gasteiger partial charge in [-0.2, -0.15) is 4.68 Å². The van der Waals surface area contributed by atoms with Crippen molar-refractivity contribution in [3.8, 4) is 5.69 Å². The van der Waals surface area contributed by atoms with Crippen molar-refractivity contribution in [2.24, 2.45) is 11.7 Å². The van der Waals surface area contributed by atoms with Crippen molar-refractivity contribution in [2.75, 3.05) is 0 Å². The van der Waals surface area contributed by atoms with Gasteiger partial charge in [0, 0.05) is 0 Å². The summed E-state index contributed by atoms with van der Waals surface area (Å²) in [4.78, 5) is 23.1. The molecule has 1 aromatic carbocycles. The highest BCUT2D eigenvalue weighted by atomic mass is 32.2. The number of tetrazole rings is 1. The number of hydrogen-bond acceptors (Lipinski definition) is 6. The third-order valence-electron chi connectivity index (χ3n) is 3.59. The lowest BCUT2D eigenvalue weighted by atomic mass is 10.0. The average Bonchev–Trinajstić information content (AvgIpc) is 2.99. The van der Waals surface area contributed by atoms with Gasteiger partial charge in [-0.25, -0.2) is 4.79 Å². The van der Waals surface area contributed by atoms with E-state index >= 15 is 0 Å². The van der Waals surface area contributed by atoms with Crippen LogP contribution in [0.1, 0.15) is 39.2 Å². The number of urea groups is 1. The zero-order valence-electron chi connectivity index (χ0n) is 14.6. The number of benzene rings is 1. The highest BCUT2D eigenvalue weighted by Crippen LogP contribution is 2.28. The molecule has 8 nitrogen and oxygen atoms in total. The number of rotatable bonds is 6. The lowest BCUT2D eigenvalue weighted by molar-refractivity contribution is -0.120. The second-order valence-electron chi connectivity index (χ2n) is 6.26. The molecule has 134 valence electrons. The van der Waals surface area contributed by atoms with E-state index in [9.17, 15) is 9.59 Å². The molecule has 2 rings (SSSR count). The van der Waals surface area contributed by atoms with Crippen LogP contribution < -0.4 is 11.1 Å². The fourth-order valence-electron chi connectivity index (χ4n) is 2.21. The Hall–Kier alpha value is -2.42. The van der Waals surface area contributed by atoms with Crippen molar-refractivity contribution >= 4 is 23.7 Å². The molecule has 0 radical (unpaired) electrons. The smallest absolute Gasteiger partial charge is 0.318 e. The topological polar surface area (TPSA) is 116 Å². The second-order valence-corrected chi connectivity index (χ2v) is 7.36. The zero-order valence-corrected chi connectivity index (χ0v) is 15.4. The maximum absolute atomic E-state index is 12.2. The van der Waals surface area contributed by atoms with E-state index in [1.165, 1.54) is 17.3 Å². The number of nitrogens with two attached hydrogens (primary N) is 1. The lowest BCUT2D eigenvalue weighted by Gasteiger charge is -2.18. The molecule has 25 heavy (non-hydrogen) atoms. The maximum atomic E-state index is 12.2. The summed E-state index contributed by atoms with van der Waals surface area (Å²) in [7, 11) is 0. The molecule has 0 aliphatic heterocycles. The third kappa shape index (κ3) is 4.79. The van der Waals surface area contributed by atoms with Crippen LogP contribution >= 0.6 is 11.8 Å². The van der Waals surface area contributed by atoms with Gasteiger partial charge < -0.3 is 5.73 Å². The number of nitrogens with zero attached hydrogens (tertiary/aromatic N) is 4. The summed E-state index contributed by atoms with van der Waals surface area (Å²) in [5.74, 6) is -0.0744. The Bertz CT molecular complexity index is 741. The van der Waals surface area contributed by atoms with Crippen molar-refractivity contribution in [1.29, 1.82) is 0 Å². The molecule has 1 atom stereocenters. The van der Waals surface area contributed by atoms with Crippen molar-refractivity contribution in [3.05, 3.63) is 29.8 Å². The molecule has 0 bridgehead atoms. The Morgan fingerprint density at radius 2 is 1.80 bits per heavy atom. The number of carbonyl (C=O) groups excluding carboxylic acids is 2. The summed E-state index contributed by atoms with van der Waals surface area (Å²) in [6, 6.07) is 7.04. The molecule has 0 saturated heterocycles. The van der Waals surface area contributed by atoms with E-state index in [2.05, 4.69) is 34.7 Å². The number of thioether (sulfide) groups is 1. The number of aromatic nitrogens is 4. The van der Waals surface area contributed by atoms with Gasteiger partial charge in [-0.3, -0.25) is 10.1 Å². The summed E-state index contributed by atoms with van der Waals surface area (Å²) >= 11 is 1.19. The van der Waals surface area contributed by atoms with Gasteiger partial charge in [-0.05, 0) is 40.0 Å². The van der Waals surface area contributed by atoms with Gasteiger partial charge in [0.1, 0.15) is 0 Å². The second kappa shape index (κ2) is 8.11. The van der Waals surface area contributed by atoms with E-state index in [0.717, 1.165) is 5.69 Å². The van der Waals surface area contributed by atoms with Gasteiger partial charge in [0.05, 0.1) is 10.9 Å². The SMILES string of the molecule is CC(C)c1ccc(-n2nnnc2SC(C(=O)NC(N)=O)C(C)C)cc1. The Labute approximate surface area is 150 Å². The number of carbonyl (C=O) groups is 2. The predicted molar refractivity (Wildman–Crippen MR) is 95.5 cm³/mol. The van der Waals surface area contributed by atoms with Gasteiger partial charge in [0.2, 0.25) is 11.1 Å². The first-order valence-corrected chi connectivity index (χ1v) is 8.83. The van der Waals surface area contributed by atoms with E-state index in [1.807, 2.05) is 38.1 Å². The van der Waals surface area contributed by atoms with Crippen LogP contribution in [0.15, 0.2) is 29.4 Å². The number of nitrogens with one attached hydrogen (secondary N) is 1. The largest absolute Gasteiger partial charge is 0.351 e. The van der Waals surface area contributed by atoms with E-state index in [4.69, 9.17) is 5.73 Å². The van der Waals surface area contributed by atoms with Crippen LogP contribution in [0.2, 0.25) is 0 Å². The summed E-state index contributed by atoms with van der Waals surface area (Å²) in [6.07, 6.45) is 0. The van der Waals surface area contributed by atoms with Crippen molar-refractivity contribution in [2.45, 2.75) is 44.0 Å². The first kappa shape index (κ1) is 18.9. The van der Waals surface area contributed by atoms with Crippen LogP contribution in [0.4, 0.5) is 4.79 Å². The van der Waals surface area contributed by atoms with Gasteiger partial charge in [-0.1, -0.05) is 51.6 Å². The number of hydrogen-bond donors (Lipinski definition) is 2. The number of imide groups is 1. The minimum Gasteiger partial charge on any atom is -0.351 e. The van der Waals surface area contributed by atoms with Gasteiger partial charge in [-0.15, -0.1) is 5.10 Å². The molecule has 1 heterocycles. The number of amides is 3. The van der Waals surface area contributed by atoms with Crippen LogP contribution in [0.3, 0.4) is 0 Å². The Morgan fingerprint density at radius 3 is 2.32 bits per heavy atom. The first-order valence-electron chi connectivity index (χ1n) is 7.95. The molecule has 9 heteroatoms. The minimum atomic E-state index is -0.875. The Kier molecular flexibility index (Phi) is 6.13. The van der Waals surface area contributed by atoms with Gasteiger partial charge in [0.15, 0.2) is 0 Å². The van der Waals surface area contributed by atoms with E-state index < -0.39 is 17.2 Å². The summed E-state index contributed by atoms with van der Waals surface area (Å²) in [5, 5.41) is 13.8. The highest BCUT2D eigenvalue weighted by Gasteiger charge is 2.27. The minimum absolute atomic E-state index is 0.0437. The summed E-state index contributed by atoms with van der Waals surface area (Å²) in [6.45, 7) is 8.00. The molecule has 2 aromatic rings. The first-order chi connectivity index (χ1) is 11.8. The molecule has 0 aliphatic carbocycles. The van der Waals surface area contributed by atoms with E-state index in [-0.39, 0.29) is 5.92 Å². The molecule has 3 amide bonds. The molecule has 0 spiro atoms. The monoisotopic (exact) mass is 362 g/mol. The van der Waals surface area contributed by atoms with E-state index in [0.29, 0.717) is 11.1 Å². The molecule has 0 fully saturated rings. The molecule has 1 unspecified atom stereocenters. The van der Waals surface area contributed by atoms with Crippen LogP contribution in [-0.2, 0) is 4.79 Å². The van der Waals surface area contributed by atoms with Crippen LogP contribution in [0.5, 0.6) is 0 Å². The fraction of sp³-hybridized carbons (Fsp3) is 0.438. The maximum Gasteiger partial charge on any atom is 0.318 e.